The Morgan fingerprint density at radius 3 is 2.33 bits per heavy atom. The number of likely N-dealkylation sites (N-methyl/N-ethyl adjacent to an activating group) is 1. The maximum absolute atomic E-state index is 10.2. The van der Waals surface area contributed by atoms with Crippen LogP contribution in [0.1, 0.15) is 13.3 Å². The molecule has 0 aromatic heterocycles. The maximum atomic E-state index is 10.2. The van der Waals surface area contributed by atoms with Gasteiger partial charge in [-0.3, -0.25) is 4.90 Å². The van der Waals surface area contributed by atoms with Crippen molar-refractivity contribution < 1.29 is 4.79 Å². The van der Waals surface area contributed by atoms with Gasteiger partial charge < -0.3 is 9.69 Å². The summed E-state index contributed by atoms with van der Waals surface area (Å²) in [6.45, 7) is 5.73. The second kappa shape index (κ2) is 7.25. The predicted octanol–water partition coefficient (Wildman–Crippen LogP) is 0.459. The Labute approximate surface area is 75.3 Å². The number of carbonyl (C=O) groups is 1. The largest absolute Gasteiger partial charge is 0.309 e. The van der Waals surface area contributed by atoms with Crippen LogP contribution in [0.4, 0.5) is 0 Å². The molecule has 0 unspecified atom stereocenters. The molecule has 0 N–H and O–H groups in total. The summed E-state index contributed by atoms with van der Waals surface area (Å²) >= 11 is 0. The van der Waals surface area contributed by atoms with Crippen molar-refractivity contribution in [1.82, 2.24) is 9.80 Å². The Bertz CT molecular complexity index is 115. The molecular formula is C9H20N2O. The molecule has 0 aliphatic rings. The van der Waals surface area contributed by atoms with Crippen LogP contribution in [0.15, 0.2) is 0 Å². The summed E-state index contributed by atoms with van der Waals surface area (Å²) in [7, 11) is 4.13. The van der Waals surface area contributed by atoms with Gasteiger partial charge in [0, 0.05) is 0 Å². The van der Waals surface area contributed by atoms with E-state index in [-0.39, 0.29) is 0 Å². The van der Waals surface area contributed by atoms with Crippen LogP contribution in [0, 0.1) is 0 Å². The zero-order valence-electron chi connectivity index (χ0n) is 8.42. The molecule has 0 amide bonds. The molecule has 0 saturated carbocycles. The zero-order valence-corrected chi connectivity index (χ0v) is 8.42. The minimum atomic E-state index is 0.573. The molecule has 0 bridgehead atoms. The number of carbonyl (C=O) groups excluding carboxylic acids is 1. The molecule has 0 spiro atoms. The van der Waals surface area contributed by atoms with Crippen molar-refractivity contribution in [2.45, 2.75) is 13.3 Å². The van der Waals surface area contributed by atoms with E-state index in [1.807, 2.05) is 0 Å². The lowest BCUT2D eigenvalue weighted by molar-refractivity contribution is -0.108. The zero-order chi connectivity index (χ0) is 9.40. The van der Waals surface area contributed by atoms with Gasteiger partial charge in [-0.25, -0.2) is 0 Å². The molecule has 3 nitrogen and oxygen atoms in total. The Balaban J connectivity index is 3.37. The summed E-state index contributed by atoms with van der Waals surface area (Å²) in [5, 5.41) is 0. The molecule has 72 valence electrons. The Kier molecular flexibility index (Phi) is 7.00. The van der Waals surface area contributed by atoms with E-state index in [9.17, 15) is 4.79 Å². The fourth-order valence-electron chi connectivity index (χ4n) is 1.09. The van der Waals surface area contributed by atoms with Gasteiger partial charge in [-0.1, -0.05) is 6.92 Å². The van der Waals surface area contributed by atoms with Crippen LogP contribution in [0.5, 0.6) is 0 Å². The van der Waals surface area contributed by atoms with Crippen LogP contribution >= 0.6 is 0 Å². The number of nitrogens with zero attached hydrogens (tertiary/aromatic N) is 2. The average Bonchev–Trinajstić information content (AvgIpc) is 2.02. The minimum absolute atomic E-state index is 0.573. The minimum Gasteiger partial charge on any atom is -0.309 e. The third kappa shape index (κ3) is 6.31. The normalized spacial score (nSPS) is 11.1. The fourth-order valence-corrected chi connectivity index (χ4v) is 1.09. The van der Waals surface area contributed by atoms with Crippen molar-refractivity contribution in [3.8, 4) is 0 Å². The molecule has 0 aliphatic carbocycles. The van der Waals surface area contributed by atoms with Crippen molar-refractivity contribution in [3.05, 3.63) is 0 Å². The highest BCUT2D eigenvalue weighted by molar-refractivity contribution is 5.51. The third-order valence-electron chi connectivity index (χ3n) is 1.86. The van der Waals surface area contributed by atoms with Crippen LogP contribution in [-0.2, 0) is 4.79 Å². The highest BCUT2D eigenvalue weighted by atomic mass is 16.1. The van der Waals surface area contributed by atoms with Gasteiger partial charge in [-0.05, 0) is 40.2 Å². The maximum Gasteiger partial charge on any atom is 0.133 e. The van der Waals surface area contributed by atoms with Crippen molar-refractivity contribution in [1.29, 1.82) is 0 Å². The smallest absolute Gasteiger partial charge is 0.133 e. The Morgan fingerprint density at radius 2 is 1.92 bits per heavy atom. The van der Waals surface area contributed by atoms with E-state index in [1.165, 1.54) is 0 Å². The van der Waals surface area contributed by atoms with E-state index < -0.39 is 0 Å². The first-order chi connectivity index (χ1) is 5.70. The van der Waals surface area contributed by atoms with Gasteiger partial charge in [0.2, 0.25) is 0 Å². The van der Waals surface area contributed by atoms with Crippen molar-refractivity contribution >= 4 is 6.29 Å². The molecule has 0 radical (unpaired) electrons. The van der Waals surface area contributed by atoms with E-state index >= 15 is 0 Å². The van der Waals surface area contributed by atoms with Gasteiger partial charge in [-0.2, -0.15) is 0 Å². The molecule has 0 aliphatic heterocycles. The molecule has 0 heterocycles. The first-order valence-corrected chi connectivity index (χ1v) is 4.51. The lowest BCUT2D eigenvalue weighted by Gasteiger charge is -2.18. The van der Waals surface area contributed by atoms with Gasteiger partial charge >= 0.3 is 0 Å². The van der Waals surface area contributed by atoms with Crippen LogP contribution in [0.2, 0.25) is 0 Å². The Hall–Kier alpha value is -0.410. The summed E-state index contributed by atoms with van der Waals surface area (Å²) in [6, 6.07) is 0. The van der Waals surface area contributed by atoms with E-state index in [2.05, 4.69) is 30.8 Å². The quantitative estimate of drug-likeness (QED) is 0.521. The summed E-state index contributed by atoms with van der Waals surface area (Å²) < 4.78 is 0. The topological polar surface area (TPSA) is 23.6 Å². The monoisotopic (exact) mass is 172 g/mol. The SMILES string of the molecule is CCN(CC=O)CCCN(C)C. The van der Waals surface area contributed by atoms with Crippen molar-refractivity contribution in [2.75, 3.05) is 40.3 Å². The fraction of sp³-hybridized carbons (Fsp3) is 0.889. The summed E-state index contributed by atoms with van der Waals surface area (Å²) in [5.74, 6) is 0. The number of aldehydes is 1. The number of rotatable bonds is 7. The molecule has 12 heavy (non-hydrogen) atoms. The van der Waals surface area contributed by atoms with Gasteiger partial charge in [0.05, 0.1) is 6.54 Å². The molecule has 0 atom stereocenters. The standard InChI is InChI=1S/C9H20N2O/c1-4-11(8-9-12)7-5-6-10(2)3/h9H,4-8H2,1-3H3. The average molecular weight is 172 g/mol. The molecular weight excluding hydrogens is 152 g/mol. The number of hydrogen-bond donors (Lipinski definition) is 0. The van der Waals surface area contributed by atoms with Crippen LogP contribution in [-0.4, -0.2) is 56.4 Å². The first kappa shape index (κ1) is 11.6. The molecule has 0 saturated heterocycles. The second-order valence-electron chi connectivity index (χ2n) is 3.22. The predicted molar refractivity (Wildman–Crippen MR) is 51.3 cm³/mol. The second-order valence-corrected chi connectivity index (χ2v) is 3.22. The molecule has 0 fully saturated rings. The lowest BCUT2D eigenvalue weighted by Crippen LogP contribution is -2.28. The highest BCUT2D eigenvalue weighted by Crippen LogP contribution is 1.90. The summed E-state index contributed by atoms with van der Waals surface area (Å²) in [5.41, 5.74) is 0. The summed E-state index contributed by atoms with van der Waals surface area (Å²) in [6.07, 6.45) is 2.10. The molecule has 3 heteroatoms. The van der Waals surface area contributed by atoms with E-state index in [4.69, 9.17) is 0 Å². The first-order valence-electron chi connectivity index (χ1n) is 4.51. The number of hydrogen-bond acceptors (Lipinski definition) is 3. The third-order valence-corrected chi connectivity index (χ3v) is 1.86. The van der Waals surface area contributed by atoms with E-state index in [0.29, 0.717) is 6.54 Å². The van der Waals surface area contributed by atoms with Crippen molar-refractivity contribution in [3.63, 3.8) is 0 Å². The van der Waals surface area contributed by atoms with E-state index in [1.54, 1.807) is 0 Å². The lowest BCUT2D eigenvalue weighted by atomic mass is 10.3. The van der Waals surface area contributed by atoms with Gasteiger partial charge in [-0.15, -0.1) is 0 Å². The molecule has 0 aromatic rings. The van der Waals surface area contributed by atoms with E-state index in [0.717, 1.165) is 32.3 Å². The van der Waals surface area contributed by atoms with Crippen LogP contribution in [0.25, 0.3) is 0 Å². The summed E-state index contributed by atoms with van der Waals surface area (Å²) in [4.78, 5) is 14.5. The van der Waals surface area contributed by atoms with Crippen molar-refractivity contribution in [2.24, 2.45) is 0 Å². The van der Waals surface area contributed by atoms with Crippen LogP contribution < -0.4 is 0 Å². The van der Waals surface area contributed by atoms with Gasteiger partial charge in [0.25, 0.3) is 0 Å². The molecule has 0 aromatic carbocycles. The molecule has 0 rings (SSSR count). The highest BCUT2D eigenvalue weighted by Gasteiger charge is 2.00. The van der Waals surface area contributed by atoms with Gasteiger partial charge in [0.15, 0.2) is 0 Å². The van der Waals surface area contributed by atoms with Crippen LogP contribution in [0.3, 0.4) is 0 Å². The van der Waals surface area contributed by atoms with Gasteiger partial charge in [0.1, 0.15) is 6.29 Å². The Morgan fingerprint density at radius 1 is 1.25 bits per heavy atom.